The van der Waals surface area contributed by atoms with Gasteiger partial charge in [0.1, 0.15) is 5.52 Å². The molecule has 2 atom stereocenters. The van der Waals surface area contributed by atoms with Crippen LogP contribution in [0.2, 0.25) is 0 Å². The minimum Gasteiger partial charge on any atom is -0.388 e. The van der Waals surface area contributed by atoms with E-state index in [1.807, 2.05) is 54.3 Å². The lowest BCUT2D eigenvalue weighted by atomic mass is 9.90. The number of nitrogens with zero attached hydrogens (tertiary/aromatic N) is 5. The molecule has 41 heavy (non-hydrogen) atoms. The van der Waals surface area contributed by atoms with Crippen molar-refractivity contribution < 1.29 is 15.0 Å². The maximum Gasteiger partial charge on any atom is 0.281 e. The minimum atomic E-state index is -1.12. The first-order valence-corrected chi connectivity index (χ1v) is 14.4. The zero-order valence-corrected chi connectivity index (χ0v) is 23.9. The molecule has 0 spiro atoms. The van der Waals surface area contributed by atoms with Gasteiger partial charge in [0.2, 0.25) is 5.91 Å². The molecule has 2 N–H and O–H groups in total. The average Bonchev–Trinajstić information content (AvgIpc) is 3.46. The number of hydrogen-bond donors (Lipinski definition) is 2. The molecule has 4 aromatic rings. The van der Waals surface area contributed by atoms with Crippen molar-refractivity contribution in [1.82, 2.24) is 24.2 Å². The number of likely N-dealkylation sites (tertiary alicyclic amines) is 1. The fraction of sp³-hybridized carbons (Fsp3) is 0.438. The highest BCUT2D eigenvalue weighted by Gasteiger charge is 2.36. The summed E-state index contributed by atoms with van der Waals surface area (Å²) in [6.45, 7) is 4.88. The van der Waals surface area contributed by atoms with E-state index in [0.717, 1.165) is 34.4 Å². The predicted molar refractivity (Wildman–Crippen MR) is 156 cm³/mol. The third kappa shape index (κ3) is 5.08. The van der Waals surface area contributed by atoms with Crippen LogP contribution in [0.5, 0.6) is 0 Å². The Balaban J connectivity index is 1.17. The van der Waals surface area contributed by atoms with Crippen molar-refractivity contribution in [3.63, 3.8) is 0 Å². The number of aliphatic hydroxyl groups is 2. The zero-order chi connectivity index (χ0) is 28.9. The van der Waals surface area contributed by atoms with Gasteiger partial charge in [0.05, 0.1) is 29.8 Å². The van der Waals surface area contributed by atoms with Gasteiger partial charge in [0, 0.05) is 32.1 Å². The largest absolute Gasteiger partial charge is 0.388 e. The molecule has 1 fully saturated rings. The Morgan fingerprint density at radius 2 is 1.78 bits per heavy atom. The van der Waals surface area contributed by atoms with Crippen LogP contribution < -0.4 is 5.56 Å². The van der Waals surface area contributed by atoms with Crippen LogP contribution in [-0.4, -0.2) is 59.0 Å². The first kappa shape index (κ1) is 27.4. The van der Waals surface area contributed by atoms with E-state index >= 15 is 0 Å². The Labute approximate surface area is 239 Å². The Morgan fingerprint density at radius 1 is 1.05 bits per heavy atom. The number of rotatable bonds is 6. The van der Waals surface area contributed by atoms with Crippen LogP contribution in [-0.2, 0) is 30.4 Å². The fourth-order valence-electron chi connectivity index (χ4n) is 6.46. The summed E-state index contributed by atoms with van der Waals surface area (Å²) < 4.78 is 3.11. The molecule has 1 aliphatic heterocycles. The molecule has 0 saturated carbocycles. The van der Waals surface area contributed by atoms with Gasteiger partial charge in [-0.25, -0.2) is 4.98 Å². The van der Waals surface area contributed by atoms with Crippen molar-refractivity contribution in [1.29, 1.82) is 0 Å². The lowest BCUT2D eigenvalue weighted by molar-refractivity contribution is -0.136. The number of aromatic nitrogens is 4. The second-order valence-corrected chi connectivity index (χ2v) is 12.1. The minimum absolute atomic E-state index is 0.0832. The highest BCUT2D eigenvalue weighted by Crippen LogP contribution is 2.39. The Bertz CT molecular complexity index is 1660. The lowest BCUT2D eigenvalue weighted by Crippen LogP contribution is -2.49. The Morgan fingerprint density at radius 3 is 2.51 bits per heavy atom. The van der Waals surface area contributed by atoms with Crippen LogP contribution in [0.1, 0.15) is 62.1 Å². The number of aryl methyl sites for hydroxylation is 2. The van der Waals surface area contributed by atoms with Crippen LogP contribution in [0.4, 0.5) is 0 Å². The smallest absolute Gasteiger partial charge is 0.281 e. The van der Waals surface area contributed by atoms with Gasteiger partial charge in [0.25, 0.3) is 5.56 Å². The van der Waals surface area contributed by atoms with Crippen LogP contribution in [0.15, 0.2) is 59.7 Å². The summed E-state index contributed by atoms with van der Waals surface area (Å²) in [5, 5.41) is 26.5. The van der Waals surface area contributed by atoms with E-state index in [1.54, 1.807) is 11.7 Å². The molecule has 9 heteroatoms. The van der Waals surface area contributed by atoms with E-state index in [1.165, 1.54) is 10.9 Å². The van der Waals surface area contributed by atoms with E-state index in [-0.39, 0.29) is 29.4 Å². The van der Waals surface area contributed by atoms with Crippen molar-refractivity contribution >= 4 is 16.9 Å². The average molecular weight is 556 g/mol. The van der Waals surface area contributed by atoms with Crippen LogP contribution in [0, 0.1) is 0 Å². The normalized spacial score (nSPS) is 20.8. The molecule has 1 amide bonds. The van der Waals surface area contributed by atoms with Gasteiger partial charge in [-0.05, 0) is 61.3 Å². The maximum atomic E-state index is 13.5. The standard InChI is InChI=1S/C32H37N5O4/c1-21(22-7-5-4-6-8-22)17-26(38)36-15-13-32(41,14-16-36)19-37-20-33-27-28(30(37)39)34-35(3)29(27)24-9-10-25-23(18-24)11-12-31(25,2)40/h4-10,18,20-21,40-41H,11-17,19H2,1-3H3/t21-,31?/m1/s1. The third-order valence-corrected chi connectivity index (χ3v) is 9.01. The Hall–Kier alpha value is -3.82. The third-order valence-electron chi connectivity index (χ3n) is 9.01. The van der Waals surface area contributed by atoms with E-state index < -0.39 is 11.2 Å². The molecule has 3 heterocycles. The number of carbonyl (C=O) groups excluding carboxylic acids is 1. The number of amides is 1. The van der Waals surface area contributed by atoms with Crippen molar-refractivity contribution in [2.24, 2.45) is 7.05 Å². The molecule has 2 aromatic heterocycles. The first-order valence-electron chi connectivity index (χ1n) is 14.4. The molecule has 2 aliphatic rings. The van der Waals surface area contributed by atoms with E-state index in [2.05, 4.69) is 23.1 Å². The number of carbonyl (C=O) groups is 1. The summed E-state index contributed by atoms with van der Waals surface area (Å²) in [7, 11) is 1.79. The van der Waals surface area contributed by atoms with Crippen LogP contribution in [0.3, 0.4) is 0 Å². The number of fused-ring (bicyclic) bond motifs is 2. The van der Waals surface area contributed by atoms with Crippen molar-refractivity contribution in [2.45, 2.75) is 69.6 Å². The summed E-state index contributed by atoms with van der Waals surface area (Å²) in [5.74, 6) is 0.204. The monoisotopic (exact) mass is 555 g/mol. The second-order valence-electron chi connectivity index (χ2n) is 12.1. The quantitative estimate of drug-likeness (QED) is 0.377. The van der Waals surface area contributed by atoms with E-state index in [4.69, 9.17) is 0 Å². The molecule has 2 aromatic carbocycles. The lowest BCUT2D eigenvalue weighted by Gasteiger charge is -2.38. The molecule has 6 rings (SSSR count). The van der Waals surface area contributed by atoms with Gasteiger partial charge in [0.15, 0.2) is 5.52 Å². The van der Waals surface area contributed by atoms with Gasteiger partial charge in [-0.15, -0.1) is 0 Å². The molecule has 1 aliphatic carbocycles. The molecular weight excluding hydrogens is 518 g/mol. The predicted octanol–water partition coefficient (Wildman–Crippen LogP) is 3.50. The van der Waals surface area contributed by atoms with Crippen LogP contribution in [0.25, 0.3) is 22.3 Å². The van der Waals surface area contributed by atoms with Crippen molar-refractivity contribution in [2.75, 3.05) is 13.1 Å². The van der Waals surface area contributed by atoms with Gasteiger partial charge in [-0.1, -0.05) is 49.4 Å². The Kier molecular flexibility index (Phi) is 6.82. The summed E-state index contributed by atoms with van der Waals surface area (Å²) in [5.41, 5.74) is 3.34. The van der Waals surface area contributed by atoms with E-state index in [0.29, 0.717) is 44.3 Å². The molecule has 1 saturated heterocycles. The second kappa shape index (κ2) is 10.2. The van der Waals surface area contributed by atoms with Crippen LogP contribution >= 0.6 is 0 Å². The molecule has 0 bridgehead atoms. The van der Waals surface area contributed by atoms with E-state index in [9.17, 15) is 19.8 Å². The molecule has 0 radical (unpaired) electrons. The van der Waals surface area contributed by atoms with Gasteiger partial charge >= 0.3 is 0 Å². The first-order chi connectivity index (χ1) is 19.5. The highest BCUT2D eigenvalue weighted by molar-refractivity contribution is 5.89. The number of hydrogen-bond acceptors (Lipinski definition) is 6. The van der Waals surface area contributed by atoms with Gasteiger partial charge in [-0.2, -0.15) is 5.10 Å². The number of piperidine rings is 1. The topological polar surface area (TPSA) is 113 Å². The molecule has 9 nitrogen and oxygen atoms in total. The molecular formula is C32H37N5O4. The van der Waals surface area contributed by atoms with Crippen molar-refractivity contribution in [3.8, 4) is 11.3 Å². The SMILES string of the molecule is C[C@H](CC(=O)N1CCC(O)(Cn2cnc3c(-c4ccc5c(c4)CCC5(C)O)n(C)nc3c2=O)CC1)c1ccccc1. The van der Waals surface area contributed by atoms with Gasteiger partial charge < -0.3 is 15.1 Å². The van der Waals surface area contributed by atoms with Gasteiger partial charge in [-0.3, -0.25) is 18.8 Å². The molecule has 1 unspecified atom stereocenters. The summed E-state index contributed by atoms with van der Waals surface area (Å²) in [6, 6.07) is 16.0. The fourth-order valence-corrected chi connectivity index (χ4v) is 6.46. The van der Waals surface area contributed by atoms with Crippen molar-refractivity contribution in [3.05, 3.63) is 81.9 Å². The highest BCUT2D eigenvalue weighted by atomic mass is 16.3. The number of benzene rings is 2. The zero-order valence-electron chi connectivity index (χ0n) is 23.9. The summed E-state index contributed by atoms with van der Waals surface area (Å²) in [4.78, 5) is 32.9. The summed E-state index contributed by atoms with van der Waals surface area (Å²) >= 11 is 0. The molecule has 214 valence electrons. The summed E-state index contributed by atoms with van der Waals surface area (Å²) in [6.07, 6.45) is 4.16. The maximum absolute atomic E-state index is 13.5.